The summed E-state index contributed by atoms with van der Waals surface area (Å²) in [5.41, 5.74) is 7.37. The average molecular weight is 266 g/mol. The van der Waals surface area contributed by atoms with Gasteiger partial charge in [0.2, 0.25) is 0 Å². The van der Waals surface area contributed by atoms with Crippen LogP contribution in [0.3, 0.4) is 0 Å². The molecular formula is C16H18N4. The van der Waals surface area contributed by atoms with Crippen LogP contribution < -0.4 is 10.6 Å². The van der Waals surface area contributed by atoms with Crippen LogP contribution in [0.4, 0.5) is 5.82 Å². The van der Waals surface area contributed by atoms with Crippen molar-refractivity contribution in [2.45, 2.75) is 19.4 Å². The van der Waals surface area contributed by atoms with Crippen molar-refractivity contribution in [1.82, 2.24) is 4.98 Å². The molecule has 1 aliphatic heterocycles. The van der Waals surface area contributed by atoms with Gasteiger partial charge < -0.3 is 10.6 Å². The molecule has 1 fully saturated rings. The molecular weight excluding hydrogens is 248 g/mol. The molecule has 0 bridgehead atoms. The molecule has 1 aromatic heterocycles. The maximum absolute atomic E-state index is 9.41. The number of pyridine rings is 1. The number of nitriles is 1. The van der Waals surface area contributed by atoms with Gasteiger partial charge in [-0.2, -0.15) is 5.26 Å². The molecule has 1 aromatic carbocycles. The fourth-order valence-corrected chi connectivity index (χ4v) is 3.02. The summed E-state index contributed by atoms with van der Waals surface area (Å²) in [6.45, 7) is 3.75. The predicted molar refractivity (Wildman–Crippen MR) is 80.4 cm³/mol. The van der Waals surface area contributed by atoms with Crippen molar-refractivity contribution < 1.29 is 0 Å². The van der Waals surface area contributed by atoms with E-state index in [9.17, 15) is 5.26 Å². The van der Waals surface area contributed by atoms with Crippen LogP contribution in [0, 0.1) is 17.2 Å². The third-order valence-electron chi connectivity index (χ3n) is 4.09. The molecule has 0 aliphatic carbocycles. The first-order valence-corrected chi connectivity index (χ1v) is 6.99. The van der Waals surface area contributed by atoms with Crippen molar-refractivity contribution in [3.63, 3.8) is 0 Å². The van der Waals surface area contributed by atoms with E-state index in [1.807, 2.05) is 30.3 Å². The van der Waals surface area contributed by atoms with Crippen molar-refractivity contribution in [1.29, 1.82) is 5.26 Å². The summed E-state index contributed by atoms with van der Waals surface area (Å²) in [7, 11) is 0. The lowest BCUT2D eigenvalue weighted by Crippen LogP contribution is -2.29. The van der Waals surface area contributed by atoms with Crippen molar-refractivity contribution in [2.75, 3.05) is 18.0 Å². The lowest BCUT2D eigenvalue weighted by molar-refractivity contribution is 0.579. The Morgan fingerprint density at radius 3 is 2.95 bits per heavy atom. The maximum atomic E-state index is 9.41. The number of anilines is 1. The summed E-state index contributed by atoms with van der Waals surface area (Å²) < 4.78 is 0. The number of hydrogen-bond donors (Lipinski definition) is 1. The Kier molecular flexibility index (Phi) is 3.29. The molecule has 3 rings (SSSR count). The molecule has 2 atom stereocenters. The van der Waals surface area contributed by atoms with Crippen LogP contribution in [0.25, 0.3) is 10.9 Å². The highest BCUT2D eigenvalue weighted by Crippen LogP contribution is 2.31. The van der Waals surface area contributed by atoms with Crippen molar-refractivity contribution in [2.24, 2.45) is 11.7 Å². The van der Waals surface area contributed by atoms with Crippen LogP contribution in [-0.4, -0.2) is 24.1 Å². The summed E-state index contributed by atoms with van der Waals surface area (Å²) >= 11 is 0. The van der Waals surface area contributed by atoms with Gasteiger partial charge in [-0.25, -0.2) is 4.98 Å². The molecule has 2 aromatic rings. The standard InChI is InChI=1S/C16H18N4/c1-11-6-12(8-17)10-20(11)16-14(9-18)7-13-4-2-3-5-15(13)19-16/h2-5,7,11-12H,6,8,10,17H2,1H3. The lowest BCUT2D eigenvalue weighted by Gasteiger charge is -2.24. The molecule has 2 heterocycles. The normalized spacial score (nSPS) is 22.1. The number of fused-ring (bicyclic) bond motifs is 1. The number of aromatic nitrogens is 1. The average Bonchev–Trinajstić information content (AvgIpc) is 2.86. The Hall–Kier alpha value is -2.12. The van der Waals surface area contributed by atoms with Gasteiger partial charge in [0.25, 0.3) is 0 Å². The zero-order valence-electron chi connectivity index (χ0n) is 11.6. The molecule has 2 N–H and O–H groups in total. The molecule has 2 unspecified atom stereocenters. The first kappa shape index (κ1) is 12.9. The van der Waals surface area contributed by atoms with Gasteiger partial charge >= 0.3 is 0 Å². The predicted octanol–water partition coefficient (Wildman–Crippen LogP) is 2.28. The minimum absolute atomic E-state index is 0.379. The van der Waals surface area contributed by atoms with E-state index >= 15 is 0 Å². The summed E-state index contributed by atoms with van der Waals surface area (Å²) in [5.74, 6) is 1.29. The smallest absolute Gasteiger partial charge is 0.147 e. The summed E-state index contributed by atoms with van der Waals surface area (Å²) in [6, 6.07) is 12.5. The molecule has 1 aliphatic rings. The Bertz CT molecular complexity index is 674. The van der Waals surface area contributed by atoms with Gasteiger partial charge in [-0.05, 0) is 37.9 Å². The van der Waals surface area contributed by atoms with Gasteiger partial charge in [0, 0.05) is 18.0 Å². The molecule has 0 radical (unpaired) electrons. The zero-order valence-corrected chi connectivity index (χ0v) is 11.6. The van der Waals surface area contributed by atoms with E-state index in [2.05, 4.69) is 17.9 Å². The van der Waals surface area contributed by atoms with E-state index in [0.29, 0.717) is 24.1 Å². The Labute approximate surface area is 118 Å². The van der Waals surface area contributed by atoms with Crippen LogP contribution in [0.1, 0.15) is 18.9 Å². The van der Waals surface area contributed by atoms with Crippen LogP contribution in [0.2, 0.25) is 0 Å². The third-order valence-corrected chi connectivity index (χ3v) is 4.09. The second-order valence-electron chi connectivity index (χ2n) is 5.50. The highest BCUT2D eigenvalue weighted by Gasteiger charge is 2.30. The minimum Gasteiger partial charge on any atom is -0.352 e. The Balaban J connectivity index is 2.09. The largest absolute Gasteiger partial charge is 0.352 e. The molecule has 1 saturated heterocycles. The molecule has 0 saturated carbocycles. The van der Waals surface area contributed by atoms with E-state index in [-0.39, 0.29) is 0 Å². The SMILES string of the molecule is CC1CC(CN)CN1c1nc2ccccc2cc1C#N. The van der Waals surface area contributed by atoms with Crippen LogP contribution >= 0.6 is 0 Å². The van der Waals surface area contributed by atoms with E-state index in [4.69, 9.17) is 10.7 Å². The maximum Gasteiger partial charge on any atom is 0.147 e. The van der Waals surface area contributed by atoms with Crippen LogP contribution in [-0.2, 0) is 0 Å². The first-order chi connectivity index (χ1) is 9.72. The number of nitrogens with zero attached hydrogens (tertiary/aromatic N) is 3. The molecule has 102 valence electrons. The number of hydrogen-bond acceptors (Lipinski definition) is 4. The highest BCUT2D eigenvalue weighted by molar-refractivity contribution is 5.83. The molecule has 0 amide bonds. The first-order valence-electron chi connectivity index (χ1n) is 6.99. The number of para-hydroxylation sites is 1. The Morgan fingerprint density at radius 2 is 2.25 bits per heavy atom. The van der Waals surface area contributed by atoms with E-state index < -0.39 is 0 Å². The second kappa shape index (κ2) is 5.10. The van der Waals surface area contributed by atoms with Gasteiger partial charge in [-0.3, -0.25) is 0 Å². The van der Waals surface area contributed by atoms with Crippen molar-refractivity contribution >= 4 is 16.7 Å². The van der Waals surface area contributed by atoms with E-state index in [1.165, 1.54) is 0 Å². The zero-order chi connectivity index (χ0) is 14.1. The van der Waals surface area contributed by atoms with Crippen LogP contribution in [0.5, 0.6) is 0 Å². The fourth-order valence-electron chi connectivity index (χ4n) is 3.02. The van der Waals surface area contributed by atoms with Crippen LogP contribution in [0.15, 0.2) is 30.3 Å². The summed E-state index contributed by atoms with van der Waals surface area (Å²) in [4.78, 5) is 6.93. The molecule has 0 spiro atoms. The van der Waals surface area contributed by atoms with E-state index in [0.717, 1.165) is 29.7 Å². The Morgan fingerprint density at radius 1 is 1.45 bits per heavy atom. The fraction of sp³-hybridized carbons (Fsp3) is 0.375. The highest BCUT2D eigenvalue weighted by atomic mass is 15.2. The van der Waals surface area contributed by atoms with Crippen molar-refractivity contribution in [3.05, 3.63) is 35.9 Å². The van der Waals surface area contributed by atoms with E-state index in [1.54, 1.807) is 0 Å². The number of nitrogens with two attached hydrogens (primary N) is 1. The second-order valence-corrected chi connectivity index (χ2v) is 5.50. The van der Waals surface area contributed by atoms with Gasteiger partial charge in [0.05, 0.1) is 11.1 Å². The summed E-state index contributed by atoms with van der Waals surface area (Å²) in [6.07, 6.45) is 1.07. The minimum atomic E-state index is 0.379. The monoisotopic (exact) mass is 266 g/mol. The van der Waals surface area contributed by atoms with Gasteiger partial charge in [0.15, 0.2) is 0 Å². The lowest BCUT2D eigenvalue weighted by atomic mass is 10.1. The van der Waals surface area contributed by atoms with Gasteiger partial charge in [0.1, 0.15) is 11.9 Å². The van der Waals surface area contributed by atoms with Gasteiger partial charge in [-0.15, -0.1) is 0 Å². The number of benzene rings is 1. The number of rotatable bonds is 2. The quantitative estimate of drug-likeness (QED) is 0.905. The van der Waals surface area contributed by atoms with Crippen molar-refractivity contribution in [3.8, 4) is 6.07 Å². The molecule has 20 heavy (non-hydrogen) atoms. The topological polar surface area (TPSA) is 65.9 Å². The summed E-state index contributed by atoms with van der Waals surface area (Å²) in [5, 5.41) is 10.4. The third kappa shape index (κ3) is 2.10. The molecule has 4 heteroatoms. The molecule has 4 nitrogen and oxygen atoms in total. The van der Waals surface area contributed by atoms with Gasteiger partial charge in [-0.1, -0.05) is 18.2 Å².